The van der Waals surface area contributed by atoms with E-state index in [1.54, 1.807) is 6.20 Å². The molecular weight excluding hydrogens is 258 g/mol. The highest BCUT2D eigenvalue weighted by Gasteiger charge is 2.27. The molecule has 1 atom stereocenters. The zero-order valence-corrected chi connectivity index (χ0v) is 13.6. The molecule has 21 heavy (non-hydrogen) atoms. The highest BCUT2D eigenvalue weighted by atomic mass is 14.9. The van der Waals surface area contributed by atoms with Crippen LogP contribution in [0.25, 0.3) is 0 Å². The molecule has 1 unspecified atom stereocenters. The first kappa shape index (κ1) is 16.3. The zero-order valence-electron chi connectivity index (χ0n) is 13.6. The topological polar surface area (TPSA) is 50.9 Å². The molecular formula is C18H31N3. The Morgan fingerprint density at radius 3 is 2.67 bits per heavy atom. The Hall–Kier alpha value is -1.09. The Balaban J connectivity index is 1.99. The molecule has 0 saturated heterocycles. The summed E-state index contributed by atoms with van der Waals surface area (Å²) in [6.45, 7) is 5.66. The lowest BCUT2D eigenvalue weighted by atomic mass is 9.76. The molecule has 1 aromatic rings. The molecule has 1 fully saturated rings. The number of nitrogens with two attached hydrogens (primary N) is 1. The van der Waals surface area contributed by atoms with E-state index in [9.17, 15) is 0 Å². The molecule has 1 aromatic heterocycles. The number of aromatic nitrogens is 1. The molecule has 1 saturated carbocycles. The van der Waals surface area contributed by atoms with Crippen LogP contribution in [-0.2, 0) is 6.42 Å². The van der Waals surface area contributed by atoms with Gasteiger partial charge in [0.15, 0.2) is 0 Å². The third-order valence-electron chi connectivity index (χ3n) is 5.06. The van der Waals surface area contributed by atoms with Crippen molar-refractivity contribution in [1.29, 1.82) is 0 Å². The second-order valence-corrected chi connectivity index (χ2v) is 6.50. The first-order valence-electron chi connectivity index (χ1n) is 8.67. The molecule has 3 nitrogen and oxygen atoms in total. The Bertz CT molecular complexity index is 411. The van der Waals surface area contributed by atoms with E-state index in [-0.39, 0.29) is 0 Å². The van der Waals surface area contributed by atoms with Crippen molar-refractivity contribution in [2.45, 2.75) is 64.8 Å². The summed E-state index contributed by atoms with van der Waals surface area (Å²) < 4.78 is 0. The SMILES string of the molecule is CCCNC(Cc1cccnc1N)C1CCC(CC)CC1. The van der Waals surface area contributed by atoms with Crippen LogP contribution < -0.4 is 11.1 Å². The van der Waals surface area contributed by atoms with E-state index in [4.69, 9.17) is 5.73 Å². The summed E-state index contributed by atoms with van der Waals surface area (Å²) in [6.07, 6.45) is 10.8. The number of pyridine rings is 1. The highest BCUT2D eigenvalue weighted by Crippen LogP contribution is 2.33. The van der Waals surface area contributed by atoms with E-state index < -0.39 is 0 Å². The van der Waals surface area contributed by atoms with Crippen molar-refractivity contribution in [1.82, 2.24) is 10.3 Å². The number of hydrogen-bond donors (Lipinski definition) is 2. The van der Waals surface area contributed by atoms with Crippen molar-refractivity contribution in [2.24, 2.45) is 11.8 Å². The quantitative estimate of drug-likeness (QED) is 0.803. The van der Waals surface area contributed by atoms with Crippen LogP contribution >= 0.6 is 0 Å². The maximum Gasteiger partial charge on any atom is 0.126 e. The lowest BCUT2D eigenvalue weighted by molar-refractivity contribution is 0.216. The molecule has 3 N–H and O–H groups in total. The third kappa shape index (κ3) is 4.70. The molecule has 2 rings (SSSR count). The van der Waals surface area contributed by atoms with Crippen molar-refractivity contribution >= 4 is 5.82 Å². The fraction of sp³-hybridized carbons (Fsp3) is 0.722. The second kappa shape index (κ2) is 8.38. The number of nitrogen functional groups attached to an aromatic ring is 1. The maximum absolute atomic E-state index is 6.03. The van der Waals surface area contributed by atoms with Gasteiger partial charge in [-0.1, -0.05) is 39.2 Å². The average Bonchev–Trinajstić information content (AvgIpc) is 2.53. The van der Waals surface area contributed by atoms with Gasteiger partial charge in [-0.3, -0.25) is 0 Å². The number of nitrogens with zero attached hydrogens (tertiary/aromatic N) is 1. The Morgan fingerprint density at radius 1 is 1.29 bits per heavy atom. The standard InChI is InChI=1S/C18H31N3/c1-3-11-20-17(13-16-6-5-12-21-18(16)19)15-9-7-14(4-2)8-10-15/h5-6,12,14-15,17,20H,3-4,7-11,13H2,1-2H3,(H2,19,21). The van der Waals surface area contributed by atoms with Gasteiger partial charge >= 0.3 is 0 Å². The van der Waals surface area contributed by atoms with Gasteiger partial charge in [0.2, 0.25) is 0 Å². The molecule has 1 heterocycles. The van der Waals surface area contributed by atoms with Gasteiger partial charge in [0.05, 0.1) is 0 Å². The summed E-state index contributed by atoms with van der Waals surface area (Å²) in [5, 5.41) is 3.76. The van der Waals surface area contributed by atoms with Crippen molar-refractivity contribution < 1.29 is 0 Å². The Kier molecular flexibility index (Phi) is 6.50. The van der Waals surface area contributed by atoms with E-state index in [2.05, 4.69) is 30.2 Å². The van der Waals surface area contributed by atoms with Crippen LogP contribution in [0.15, 0.2) is 18.3 Å². The third-order valence-corrected chi connectivity index (χ3v) is 5.06. The van der Waals surface area contributed by atoms with Crippen molar-refractivity contribution in [2.75, 3.05) is 12.3 Å². The Labute approximate surface area is 129 Å². The lowest BCUT2D eigenvalue weighted by Gasteiger charge is -2.34. The van der Waals surface area contributed by atoms with Crippen LogP contribution in [0.4, 0.5) is 5.82 Å². The first-order valence-corrected chi connectivity index (χ1v) is 8.67. The van der Waals surface area contributed by atoms with Crippen molar-refractivity contribution in [3.05, 3.63) is 23.9 Å². The zero-order chi connectivity index (χ0) is 15.1. The molecule has 1 aliphatic rings. The minimum atomic E-state index is 0.550. The fourth-order valence-electron chi connectivity index (χ4n) is 3.59. The molecule has 3 heteroatoms. The van der Waals surface area contributed by atoms with E-state index in [0.29, 0.717) is 11.9 Å². The summed E-state index contributed by atoms with van der Waals surface area (Å²) in [5.41, 5.74) is 7.23. The molecule has 0 radical (unpaired) electrons. The predicted octanol–water partition coefficient (Wildman–Crippen LogP) is 3.79. The van der Waals surface area contributed by atoms with Gasteiger partial charge < -0.3 is 11.1 Å². The minimum absolute atomic E-state index is 0.550. The van der Waals surface area contributed by atoms with Gasteiger partial charge in [0, 0.05) is 12.2 Å². The number of anilines is 1. The number of rotatable bonds is 7. The second-order valence-electron chi connectivity index (χ2n) is 6.50. The number of nitrogens with one attached hydrogen (secondary N) is 1. The van der Waals surface area contributed by atoms with Gasteiger partial charge in [-0.2, -0.15) is 0 Å². The Morgan fingerprint density at radius 2 is 2.05 bits per heavy atom. The average molecular weight is 289 g/mol. The van der Waals surface area contributed by atoms with Crippen LogP contribution in [0, 0.1) is 11.8 Å². The normalized spacial score (nSPS) is 23.9. The number of hydrogen-bond acceptors (Lipinski definition) is 3. The van der Waals surface area contributed by atoms with E-state index in [1.165, 1.54) is 44.1 Å². The molecule has 118 valence electrons. The summed E-state index contributed by atoms with van der Waals surface area (Å²) >= 11 is 0. The maximum atomic E-state index is 6.03. The van der Waals surface area contributed by atoms with E-state index in [0.717, 1.165) is 24.8 Å². The van der Waals surface area contributed by atoms with Gasteiger partial charge in [-0.25, -0.2) is 4.98 Å². The van der Waals surface area contributed by atoms with Gasteiger partial charge in [-0.05, 0) is 55.7 Å². The van der Waals surface area contributed by atoms with Crippen LogP contribution in [0.2, 0.25) is 0 Å². The minimum Gasteiger partial charge on any atom is -0.383 e. The van der Waals surface area contributed by atoms with Gasteiger partial charge in [0.1, 0.15) is 5.82 Å². The molecule has 0 aromatic carbocycles. The van der Waals surface area contributed by atoms with Crippen LogP contribution in [0.5, 0.6) is 0 Å². The van der Waals surface area contributed by atoms with Crippen LogP contribution in [0.3, 0.4) is 0 Å². The molecule has 1 aliphatic carbocycles. The van der Waals surface area contributed by atoms with Crippen LogP contribution in [-0.4, -0.2) is 17.6 Å². The van der Waals surface area contributed by atoms with E-state index >= 15 is 0 Å². The monoisotopic (exact) mass is 289 g/mol. The van der Waals surface area contributed by atoms with E-state index in [1.807, 2.05) is 6.07 Å². The van der Waals surface area contributed by atoms with Crippen molar-refractivity contribution in [3.63, 3.8) is 0 Å². The van der Waals surface area contributed by atoms with Gasteiger partial charge in [0.25, 0.3) is 0 Å². The molecule has 0 aliphatic heterocycles. The van der Waals surface area contributed by atoms with Crippen molar-refractivity contribution in [3.8, 4) is 0 Å². The van der Waals surface area contributed by atoms with Crippen LogP contribution in [0.1, 0.15) is 57.9 Å². The molecule has 0 amide bonds. The van der Waals surface area contributed by atoms with Gasteiger partial charge in [-0.15, -0.1) is 0 Å². The molecule has 0 spiro atoms. The summed E-state index contributed by atoms with van der Waals surface area (Å²) in [5.74, 6) is 2.44. The largest absolute Gasteiger partial charge is 0.383 e. The first-order chi connectivity index (χ1) is 10.2. The lowest BCUT2D eigenvalue weighted by Crippen LogP contribution is -2.40. The smallest absolute Gasteiger partial charge is 0.126 e. The highest BCUT2D eigenvalue weighted by molar-refractivity contribution is 5.39. The predicted molar refractivity (Wildman–Crippen MR) is 90.2 cm³/mol. The fourth-order valence-corrected chi connectivity index (χ4v) is 3.59. The summed E-state index contributed by atoms with van der Waals surface area (Å²) in [7, 11) is 0. The summed E-state index contributed by atoms with van der Waals surface area (Å²) in [6, 6.07) is 4.67. The molecule has 0 bridgehead atoms. The summed E-state index contributed by atoms with van der Waals surface area (Å²) in [4.78, 5) is 4.23.